The topological polar surface area (TPSA) is 38.9 Å². The van der Waals surface area contributed by atoms with E-state index in [-0.39, 0.29) is 0 Å². The molecule has 0 N–H and O–H groups in total. The highest BCUT2D eigenvalue weighted by Gasteiger charge is 2.08. The molecule has 3 heteroatoms. The normalized spacial score (nSPS) is 10.9. The summed E-state index contributed by atoms with van der Waals surface area (Å²) in [6, 6.07) is 9.80. The van der Waals surface area contributed by atoms with Crippen LogP contribution in [0, 0.1) is 12.3 Å². The molecule has 0 saturated carbocycles. The Hall–Kier alpha value is -1.64. The third-order valence-electron chi connectivity index (χ3n) is 2.25. The maximum absolute atomic E-state index is 5.57. The highest BCUT2D eigenvalue weighted by atomic mass is 16.4. The van der Waals surface area contributed by atoms with Crippen molar-refractivity contribution in [3.8, 4) is 11.5 Å². The van der Waals surface area contributed by atoms with Crippen molar-refractivity contribution in [2.45, 2.75) is 20.3 Å². The zero-order chi connectivity index (χ0) is 11.4. The van der Waals surface area contributed by atoms with E-state index in [0.29, 0.717) is 17.7 Å². The summed E-state index contributed by atoms with van der Waals surface area (Å²) >= 11 is 0. The van der Waals surface area contributed by atoms with Crippen molar-refractivity contribution in [1.82, 2.24) is 10.2 Å². The average Bonchev–Trinajstić information content (AvgIpc) is 2.76. The summed E-state index contributed by atoms with van der Waals surface area (Å²) in [4.78, 5) is 0. The van der Waals surface area contributed by atoms with Crippen LogP contribution in [0.15, 0.2) is 34.7 Å². The summed E-state index contributed by atoms with van der Waals surface area (Å²) in [5.41, 5.74) is 0.964. The Bertz CT molecular complexity index is 434. The first-order chi connectivity index (χ1) is 7.75. The number of aromatic nitrogens is 2. The molecule has 83 valence electrons. The van der Waals surface area contributed by atoms with Gasteiger partial charge in [-0.05, 0) is 24.5 Å². The SMILES string of the molecule is CC(C)[CH]Cc1nnc(-c2ccccc2)o1. The summed E-state index contributed by atoms with van der Waals surface area (Å²) in [6.45, 7) is 4.27. The molecular weight excluding hydrogens is 200 g/mol. The Kier molecular flexibility index (Phi) is 3.34. The van der Waals surface area contributed by atoms with Crippen LogP contribution in [0.5, 0.6) is 0 Å². The maximum atomic E-state index is 5.57. The Balaban J connectivity index is 2.08. The number of hydrogen-bond acceptors (Lipinski definition) is 3. The van der Waals surface area contributed by atoms with Crippen LogP contribution in [0.2, 0.25) is 0 Å². The van der Waals surface area contributed by atoms with Crippen molar-refractivity contribution in [2.75, 3.05) is 0 Å². The molecule has 0 spiro atoms. The first kappa shape index (κ1) is 10.9. The highest BCUT2D eigenvalue weighted by Crippen LogP contribution is 2.17. The van der Waals surface area contributed by atoms with Gasteiger partial charge in [-0.1, -0.05) is 32.0 Å². The van der Waals surface area contributed by atoms with Gasteiger partial charge in [0.1, 0.15) is 0 Å². The Labute approximate surface area is 95.5 Å². The molecule has 1 aromatic carbocycles. The minimum absolute atomic E-state index is 0.534. The predicted molar refractivity (Wildman–Crippen MR) is 62.6 cm³/mol. The van der Waals surface area contributed by atoms with Crippen LogP contribution in [0.25, 0.3) is 11.5 Å². The molecule has 0 atom stereocenters. The zero-order valence-corrected chi connectivity index (χ0v) is 9.55. The fourth-order valence-electron chi connectivity index (χ4n) is 1.37. The number of nitrogens with zero attached hydrogens (tertiary/aromatic N) is 2. The van der Waals surface area contributed by atoms with Crippen molar-refractivity contribution in [2.24, 2.45) is 5.92 Å². The van der Waals surface area contributed by atoms with Crippen LogP contribution in [0.4, 0.5) is 0 Å². The average molecular weight is 215 g/mol. The molecule has 0 saturated heterocycles. The van der Waals surface area contributed by atoms with Gasteiger partial charge in [-0.15, -0.1) is 10.2 Å². The van der Waals surface area contributed by atoms with Crippen molar-refractivity contribution in [3.63, 3.8) is 0 Å². The van der Waals surface area contributed by atoms with Gasteiger partial charge in [-0.3, -0.25) is 0 Å². The largest absolute Gasteiger partial charge is 0.421 e. The molecule has 1 heterocycles. The summed E-state index contributed by atoms with van der Waals surface area (Å²) in [6.07, 6.45) is 2.89. The summed E-state index contributed by atoms with van der Waals surface area (Å²) in [5, 5.41) is 8.04. The van der Waals surface area contributed by atoms with Crippen LogP contribution < -0.4 is 0 Å². The van der Waals surface area contributed by atoms with Crippen LogP contribution in [-0.2, 0) is 6.42 Å². The van der Waals surface area contributed by atoms with Gasteiger partial charge in [0.05, 0.1) is 0 Å². The van der Waals surface area contributed by atoms with E-state index >= 15 is 0 Å². The van der Waals surface area contributed by atoms with Gasteiger partial charge < -0.3 is 4.42 Å². The van der Waals surface area contributed by atoms with E-state index in [1.165, 1.54) is 0 Å². The number of hydrogen-bond donors (Lipinski definition) is 0. The molecule has 2 aromatic rings. The fraction of sp³-hybridized carbons (Fsp3) is 0.308. The summed E-state index contributed by atoms with van der Waals surface area (Å²) in [7, 11) is 0. The van der Waals surface area contributed by atoms with E-state index in [4.69, 9.17) is 4.42 Å². The number of rotatable bonds is 4. The van der Waals surface area contributed by atoms with Gasteiger partial charge in [0.2, 0.25) is 11.8 Å². The van der Waals surface area contributed by atoms with Crippen molar-refractivity contribution < 1.29 is 4.42 Å². The lowest BCUT2D eigenvalue weighted by molar-refractivity contribution is 0.506. The Morgan fingerprint density at radius 2 is 1.94 bits per heavy atom. The molecule has 1 aromatic heterocycles. The molecule has 0 unspecified atom stereocenters. The molecule has 1 radical (unpaired) electrons. The second-order valence-corrected chi connectivity index (χ2v) is 4.05. The molecule has 3 nitrogen and oxygen atoms in total. The quantitative estimate of drug-likeness (QED) is 0.786. The molecule has 0 bridgehead atoms. The van der Waals surface area contributed by atoms with E-state index < -0.39 is 0 Å². The Morgan fingerprint density at radius 3 is 2.62 bits per heavy atom. The molecule has 0 aliphatic carbocycles. The van der Waals surface area contributed by atoms with Crippen LogP contribution >= 0.6 is 0 Å². The van der Waals surface area contributed by atoms with E-state index in [0.717, 1.165) is 12.0 Å². The molecular formula is C13H15N2O. The number of benzene rings is 1. The van der Waals surface area contributed by atoms with Crippen LogP contribution in [0.3, 0.4) is 0 Å². The predicted octanol–water partition coefficient (Wildman–Crippen LogP) is 3.14. The second-order valence-electron chi connectivity index (χ2n) is 4.05. The van der Waals surface area contributed by atoms with E-state index in [2.05, 4.69) is 30.5 Å². The highest BCUT2D eigenvalue weighted by molar-refractivity contribution is 5.51. The van der Waals surface area contributed by atoms with E-state index in [1.807, 2.05) is 30.3 Å². The van der Waals surface area contributed by atoms with E-state index in [1.54, 1.807) is 0 Å². The van der Waals surface area contributed by atoms with Gasteiger partial charge in [0.15, 0.2) is 0 Å². The lowest BCUT2D eigenvalue weighted by atomic mass is 10.1. The minimum atomic E-state index is 0.534. The van der Waals surface area contributed by atoms with Gasteiger partial charge >= 0.3 is 0 Å². The molecule has 0 aliphatic heterocycles. The first-order valence-corrected chi connectivity index (χ1v) is 5.47. The van der Waals surface area contributed by atoms with Crippen molar-refractivity contribution in [3.05, 3.63) is 42.6 Å². The van der Waals surface area contributed by atoms with Gasteiger partial charge in [-0.2, -0.15) is 0 Å². The Morgan fingerprint density at radius 1 is 1.19 bits per heavy atom. The zero-order valence-electron chi connectivity index (χ0n) is 9.55. The summed E-state index contributed by atoms with van der Waals surface area (Å²) < 4.78 is 5.57. The molecule has 0 fully saturated rings. The molecule has 0 amide bonds. The summed E-state index contributed by atoms with van der Waals surface area (Å²) in [5.74, 6) is 1.80. The van der Waals surface area contributed by atoms with Crippen LogP contribution in [-0.4, -0.2) is 10.2 Å². The lowest BCUT2D eigenvalue weighted by Crippen LogP contribution is -1.93. The van der Waals surface area contributed by atoms with Gasteiger partial charge in [0, 0.05) is 12.0 Å². The van der Waals surface area contributed by atoms with Crippen molar-refractivity contribution >= 4 is 0 Å². The van der Waals surface area contributed by atoms with Gasteiger partial charge in [0.25, 0.3) is 0 Å². The van der Waals surface area contributed by atoms with E-state index in [9.17, 15) is 0 Å². The second kappa shape index (κ2) is 4.92. The van der Waals surface area contributed by atoms with Crippen molar-refractivity contribution in [1.29, 1.82) is 0 Å². The standard InChI is InChI=1S/C13H15N2O/c1-10(2)8-9-12-14-15-13(16-12)11-6-4-3-5-7-11/h3-8,10H,9H2,1-2H3. The molecule has 2 rings (SSSR count). The fourth-order valence-corrected chi connectivity index (χ4v) is 1.37. The minimum Gasteiger partial charge on any atom is -0.421 e. The smallest absolute Gasteiger partial charge is 0.247 e. The maximum Gasteiger partial charge on any atom is 0.247 e. The monoisotopic (exact) mass is 215 g/mol. The molecule has 0 aliphatic rings. The third-order valence-corrected chi connectivity index (χ3v) is 2.25. The lowest BCUT2D eigenvalue weighted by Gasteiger charge is -1.98. The van der Waals surface area contributed by atoms with Gasteiger partial charge in [-0.25, -0.2) is 0 Å². The first-order valence-electron chi connectivity index (χ1n) is 5.47. The van der Waals surface area contributed by atoms with Crippen LogP contribution in [0.1, 0.15) is 19.7 Å². The third kappa shape index (κ3) is 2.69. The molecule has 16 heavy (non-hydrogen) atoms.